The predicted molar refractivity (Wildman–Crippen MR) is 121 cm³/mol. The van der Waals surface area contributed by atoms with Crippen LogP contribution in [0, 0.1) is 13.8 Å². The van der Waals surface area contributed by atoms with Crippen molar-refractivity contribution in [3.05, 3.63) is 64.2 Å². The number of piperazine rings is 1. The fourth-order valence-electron chi connectivity index (χ4n) is 3.62. The largest absolute Gasteiger partial charge is 0.351 e. The van der Waals surface area contributed by atoms with E-state index < -0.39 is 0 Å². The first-order chi connectivity index (χ1) is 14.4. The number of carbonyl (C=O) groups is 2. The molecule has 0 bridgehead atoms. The summed E-state index contributed by atoms with van der Waals surface area (Å²) in [6, 6.07) is 13.7. The fourth-order valence-corrected chi connectivity index (χ4v) is 3.99. The van der Waals surface area contributed by atoms with E-state index in [1.54, 1.807) is 0 Å². The molecule has 0 spiro atoms. The van der Waals surface area contributed by atoms with Gasteiger partial charge in [0.1, 0.15) is 0 Å². The Morgan fingerprint density at radius 3 is 2.13 bits per heavy atom. The fraction of sp³-hybridized carbons (Fsp3) is 0.391. The van der Waals surface area contributed by atoms with Crippen LogP contribution in [-0.2, 0) is 16.1 Å². The van der Waals surface area contributed by atoms with Gasteiger partial charge in [-0.1, -0.05) is 48.0 Å². The van der Waals surface area contributed by atoms with Crippen molar-refractivity contribution in [3.63, 3.8) is 0 Å². The Morgan fingerprint density at radius 1 is 0.933 bits per heavy atom. The van der Waals surface area contributed by atoms with Crippen molar-refractivity contribution in [2.24, 2.45) is 0 Å². The van der Waals surface area contributed by atoms with Gasteiger partial charge in [0.2, 0.25) is 11.8 Å². The molecule has 0 saturated carbocycles. The molecule has 0 aliphatic carbocycles. The maximum atomic E-state index is 12.5. The topological polar surface area (TPSA) is 64.7 Å². The third-order valence-electron chi connectivity index (χ3n) is 5.23. The SMILES string of the molecule is Cc1cc(C)c(NC(=O)CN2CCN(CC(=O)NCc3ccccc3)CC2)c(Cl)c1. The van der Waals surface area contributed by atoms with Crippen LogP contribution in [0.3, 0.4) is 0 Å². The highest BCUT2D eigenvalue weighted by molar-refractivity contribution is 6.34. The molecule has 0 atom stereocenters. The average Bonchev–Trinajstić information content (AvgIpc) is 2.71. The Morgan fingerprint density at radius 2 is 1.53 bits per heavy atom. The van der Waals surface area contributed by atoms with Crippen LogP contribution in [0.1, 0.15) is 16.7 Å². The second kappa shape index (κ2) is 10.6. The zero-order valence-corrected chi connectivity index (χ0v) is 18.3. The van der Waals surface area contributed by atoms with Crippen LogP contribution in [0.25, 0.3) is 0 Å². The van der Waals surface area contributed by atoms with E-state index in [4.69, 9.17) is 11.6 Å². The Labute approximate surface area is 183 Å². The van der Waals surface area contributed by atoms with Crippen molar-refractivity contribution < 1.29 is 9.59 Å². The van der Waals surface area contributed by atoms with E-state index in [9.17, 15) is 9.59 Å². The molecule has 160 valence electrons. The third kappa shape index (κ3) is 6.55. The van der Waals surface area contributed by atoms with Gasteiger partial charge in [-0.2, -0.15) is 0 Å². The molecule has 0 radical (unpaired) electrons. The van der Waals surface area contributed by atoms with Gasteiger partial charge in [-0.15, -0.1) is 0 Å². The summed E-state index contributed by atoms with van der Waals surface area (Å²) in [5.41, 5.74) is 3.80. The van der Waals surface area contributed by atoms with Crippen molar-refractivity contribution in [2.75, 3.05) is 44.6 Å². The van der Waals surface area contributed by atoms with Crippen LogP contribution < -0.4 is 10.6 Å². The van der Waals surface area contributed by atoms with Crippen molar-refractivity contribution >= 4 is 29.1 Å². The highest BCUT2D eigenvalue weighted by Gasteiger charge is 2.21. The van der Waals surface area contributed by atoms with E-state index in [2.05, 4.69) is 20.4 Å². The van der Waals surface area contributed by atoms with Crippen LogP contribution in [0.4, 0.5) is 5.69 Å². The lowest BCUT2D eigenvalue weighted by Crippen LogP contribution is -2.50. The minimum Gasteiger partial charge on any atom is -0.351 e. The number of rotatable bonds is 7. The Hall–Kier alpha value is -2.41. The van der Waals surface area contributed by atoms with Gasteiger partial charge >= 0.3 is 0 Å². The van der Waals surface area contributed by atoms with Crippen LogP contribution >= 0.6 is 11.6 Å². The number of nitrogens with zero attached hydrogens (tertiary/aromatic N) is 2. The summed E-state index contributed by atoms with van der Waals surface area (Å²) in [6.45, 7) is 8.18. The number of aryl methyl sites for hydroxylation is 2. The van der Waals surface area contributed by atoms with Gasteiger partial charge in [0, 0.05) is 32.7 Å². The summed E-state index contributed by atoms with van der Waals surface area (Å²) in [5, 5.41) is 6.46. The molecule has 30 heavy (non-hydrogen) atoms. The van der Waals surface area contributed by atoms with E-state index in [1.807, 2.05) is 56.3 Å². The molecule has 2 aromatic rings. The smallest absolute Gasteiger partial charge is 0.238 e. The number of anilines is 1. The van der Waals surface area contributed by atoms with Gasteiger partial charge in [-0.3, -0.25) is 19.4 Å². The van der Waals surface area contributed by atoms with Gasteiger partial charge < -0.3 is 10.6 Å². The lowest BCUT2D eigenvalue weighted by atomic mass is 10.1. The number of nitrogens with one attached hydrogen (secondary N) is 2. The summed E-state index contributed by atoms with van der Waals surface area (Å²) < 4.78 is 0. The van der Waals surface area contributed by atoms with Gasteiger partial charge in [0.05, 0.1) is 23.8 Å². The minimum atomic E-state index is -0.0714. The highest BCUT2D eigenvalue weighted by atomic mass is 35.5. The molecular formula is C23H29ClN4O2. The van der Waals surface area contributed by atoms with E-state index >= 15 is 0 Å². The van der Waals surface area contributed by atoms with E-state index in [1.165, 1.54) is 0 Å². The van der Waals surface area contributed by atoms with Crippen molar-refractivity contribution in [2.45, 2.75) is 20.4 Å². The quantitative estimate of drug-likeness (QED) is 0.711. The van der Waals surface area contributed by atoms with Gasteiger partial charge in [0.25, 0.3) is 0 Å². The first-order valence-corrected chi connectivity index (χ1v) is 10.6. The summed E-state index contributed by atoms with van der Waals surface area (Å²) in [6.07, 6.45) is 0. The molecule has 0 unspecified atom stereocenters. The van der Waals surface area contributed by atoms with Gasteiger partial charge in [-0.05, 0) is 36.6 Å². The number of hydrogen-bond donors (Lipinski definition) is 2. The van der Waals surface area contributed by atoms with E-state index in [0.29, 0.717) is 30.3 Å². The third-order valence-corrected chi connectivity index (χ3v) is 5.53. The van der Waals surface area contributed by atoms with E-state index in [-0.39, 0.29) is 11.8 Å². The first kappa shape index (κ1) is 22.3. The molecule has 7 heteroatoms. The van der Waals surface area contributed by atoms with Crippen LogP contribution in [-0.4, -0.2) is 60.9 Å². The number of carbonyl (C=O) groups excluding carboxylic acids is 2. The van der Waals surface area contributed by atoms with E-state index in [0.717, 1.165) is 42.9 Å². The molecule has 2 aromatic carbocycles. The number of halogens is 1. The van der Waals surface area contributed by atoms with Gasteiger partial charge in [-0.25, -0.2) is 0 Å². The molecular weight excluding hydrogens is 400 g/mol. The molecule has 1 fully saturated rings. The summed E-state index contributed by atoms with van der Waals surface area (Å²) in [7, 11) is 0. The molecule has 1 aliphatic rings. The molecule has 1 heterocycles. The first-order valence-electron chi connectivity index (χ1n) is 10.2. The molecule has 2 N–H and O–H groups in total. The monoisotopic (exact) mass is 428 g/mol. The number of amides is 2. The number of hydrogen-bond acceptors (Lipinski definition) is 4. The average molecular weight is 429 g/mol. The summed E-state index contributed by atoms with van der Waals surface area (Å²) in [5.74, 6) is -0.0487. The van der Waals surface area contributed by atoms with Crippen LogP contribution in [0.5, 0.6) is 0 Å². The normalized spacial score (nSPS) is 15.0. The second-order valence-corrected chi connectivity index (χ2v) is 8.21. The Balaban J connectivity index is 1.39. The Kier molecular flexibility index (Phi) is 7.85. The summed E-state index contributed by atoms with van der Waals surface area (Å²) in [4.78, 5) is 28.9. The zero-order chi connectivity index (χ0) is 21.5. The Bertz CT molecular complexity index is 857. The lowest BCUT2D eigenvalue weighted by molar-refractivity contribution is -0.123. The number of benzene rings is 2. The van der Waals surface area contributed by atoms with Crippen LogP contribution in [0.15, 0.2) is 42.5 Å². The second-order valence-electron chi connectivity index (χ2n) is 7.80. The zero-order valence-electron chi connectivity index (χ0n) is 17.6. The molecule has 1 saturated heterocycles. The molecule has 0 aromatic heterocycles. The van der Waals surface area contributed by atoms with Crippen LogP contribution in [0.2, 0.25) is 5.02 Å². The minimum absolute atomic E-state index is 0.0227. The maximum Gasteiger partial charge on any atom is 0.238 e. The predicted octanol–water partition coefficient (Wildman–Crippen LogP) is 2.83. The molecule has 2 amide bonds. The van der Waals surface area contributed by atoms with Crippen molar-refractivity contribution in [3.8, 4) is 0 Å². The maximum absolute atomic E-state index is 12.5. The lowest BCUT2D eigenvalue weighted by Gasteiger charge is -2.33. The molecule has 3 rings (SSSR count). The van der Waals surface area contributed by atoms with Crippen molar-refractivity contribution in [1.82, 2.24) is 15.1 Å². The molecule has 1 aliphatic heterocycles. The summed E-state index contributed by atoms with van der Waals surface area (Å²) >= 11 is 6.28. The molecule has 6 nitrogen and oxygen atoms in total. The van der Waals surface area contributed by atoms with Crippen molar-refractivity contribution in [1.29, 1.82) is 0 Å². The highest BCUT2D eigenvalue weighted by Crippen LogP contribution is 2.27. The standard InChI is InChI=1S/C23H29ClN4O2/c1-17-12-18(2)23(20(24)13-17)26-22(30)16-28-10-8-27(9-11-28)15-21(29)25-14-19-6-4-3-5-7-19/h3-7,12-13H,8-11,14-16H2,1-2H3,(H,25,29)(H,26,30). The van der Waals surface area contributed by atoms with Gasteiger partial charge in [0.15, 0.2) is 0 Å².